The topological polar surface area (TPSA) is 39.4 Å². The van der Waals surface area contributed by atoms with E-state index in [1.807, 2.05) is 38.1 Å². The summed E-state index contributed by atoms with van der Waals surface area (Å²) in [7, 11) is 0. The highest BCUT2D eigenvalue weighted by Crippen LogP contribution is 2.26. The monoisotopic (exact) mass is 230 g/mol. The Labute approximate surface area is 100 Å². The van der Waals surface area contributed by atoms with Gasteiger partial charge in [-0.3, -0.25) is 4.79 Å². The molecule has 2 rings (SSSR count). The highest BCUT2D eigenvalue weighted by Gasteiger charge is 2.07. The molecule has 17 heavy (non-hydrogen) atoms. The normalized spacial score (nSPS) is 10.5. The Morgan fingerprint density at radius 2 is 1.88 bits per heavy atom. The molecule has 1 aromatic carbocycles. The van der Waals surface area contributed by atoms with Crippen LogP contribution in [0.2, 0.25) is 0 Å². The van der Waals surface area contributed by atoms with Crippen LogP contribution in [0.25, 0.3) is 11.1 Å². The molecule has 88 valence electrons. The number of ether oxygens (including phenoxy) is 1. The van der Waals surface area contributed by atoms with Crippen LogP contribution < -0.4 is 4.74 Å². The Kier molecular flexibility index (Phi) is 3.28. The van der Waals surface area contributed by atoms with Crippen LogP contribution in [0.1, 0.15) is 24.4 Å². The molecule has 1 aromatic heterocycles. The molecule has 0 N–H and O–H groups in total. The van der Waals surface area contributed by atoms with Crippen molar-refractivity contribution in [3.05, 3.63) is 42.4 Å². The lowest BCUT2D eigenvalue weighted by atomic mass is 10.1. The zero-order valence-corrected chi connectivity index (χ0v) is 9.84. The Balaban J connectivity index is 2.26. The van der Waals surface area contributed by atoms with E-state index in [1.54, 1.807) is 6.07 Å². The Morgan fingerprint density at radius 3 is 2.47 bits per heavy atom. The molecule has 0 saturated carbocycles. The maximum Gasteiger partial charge on any atom is 0.185 e. The number of carbonyl (C=O) groups excluding carboxylic acids is 1. The van der Waals surface area contributed by atoms with Crippen molar-refractivity contribution < 1.29 is 13.9 Å². The van der Waals surface area contributed by atoms with Gasteiger partial charge in [0.1, 0.15) is 5.75 Å². The highest BCUT2D eigenvalue weighted by molar-refractivity contribution is 5.84. The van der Waals surface area contributed by atoms with Crippen LogP contribution in [0.3, 0.4) is 0 Å². The standard InChI is InChI=1S/C14H14O3/c1-10(2)17-12-5-3-11(4-6-12)13-7-8-16-14(13)9-15/h3-10H,1-2H3. The highest BCUT2D eigenvalue weighted by atomic mass is 16.5. The molecule has 0 aliphatic carbocycles. The first-order chi connectivity index (χ1) is 8.20. The molecule has 2 aromatic rings. The van der Waals surface area contributed by atoms with Crippen molar-refractivity contribution in [3.63, 3.8) is 0 Å². The second-order valence-electron chi connectivity index (χ2n) is 4.01. The van der Waals surface area contributed by atoms with Crippen molar-refractivity contribution in [2.45, 2.75) is 20.0 Å². The van der Waals surface area contributed by atoms with Crippen LogP contribution in [0.4, 0.5) is 0 Å². The zero-order chi connectivity index (χ0) is 12.3. The molecule has 3 nitrogen and oxygen atoms in total. The summed E-state index contributed by atoms with van der Waals surface area (Å²) >= 11 is 0. The molecule has 1 heterocycles. The molecule has 0 spiro atoms. The van der Waals surface area contributed by atoms with Gasteiger partial charge in [-0.05, 0) is 37.6 Å². The van der Waals surface area contributed by atoms with Gasteiger partial charge in [0.15, 0.2) is 12.0 Å². The van der Waals surface area contributed by atoms with Crippen LogP contribution in [0.5, 0.6) is 5.75 Å². The van der Waals surface area contributed by atoms with Crippen molar-refractivity contribution >= 4 is 6.29 Å². The number of benzene rings is 1. The van der Waals surface area contributed by atoms with Gasteiger partial charge in [-0.25, -0.2) is 0 Å². The first-order valence-corrected chi connectivity index (χ1v) is 5.50. The first-order valence-electron chi connectivity index (χ1n) is 5.50. The minimum Gasteiger partial charge on any atom is -0.491 e. The van der Waals surface area contributed by atoms with Gasteiger partial charge in [-0.2, -0.15) is 0 Å². The van der Waals surface area contributed by atoms with Crippen LogP contribution >= 0.6 is 0 Å². The second kappa shape index (κ2) is 4.87. The van der Waals surface area contributed by atoms with E-state index in [-0.39, 0.29) is 6.10 Å². The summed E-state index contributed by atoms with van der Waals surface area (Å²) in [6.45, 7) is 3.96. The Bertz CT molecular complexity index is 494. The van der Waals surface area contributed by atoms with Gasteiger partial charge in [0.25, 0.3) is 0 Å². The lowest BCUT2D eigenvalue weighted by Crippen LogP contribution is -2.05. The summed E-state index contributed by atoms with van der Waals surface area (Å²) in [5, 5.41) is 0. The number of furan rings is 1. The van der Waals surface area contributed by atoms with Crippen LogP contribution in [-0.4, -0.2) is 12.4 Å². The smallest absolute Gasteiger partial charge is 0.185 e. The fraction of sp³-hybridized carbons (Fsp3) is 0.214. The minimum absolute atomic E-state index is 0.153. The van der Waals surface area contributed by atoms with Crippen LogP contribution in [-0.2, 0) is 0 Å². The summed E-state index contributed by atoms with van der Waals surface area (Å²) in [6, 6.07) is 9.38. The summed E-state index contributed by atoms with van der Waals surface area (Å²) in [5.41, 5.74) is 1.74. The van der Waals surface area contributed by atoms with Gasteiger partial charge in [-0.15, -0.1) is 0 Å². The molecular weight excluding hydrogens is 216 g/mol. The van der Waals surface area contributed by atoms with E-state index in [1.165, 1.54) is 6.26 Å². The molecule has 3 heteroatoms. The molecule has 0 aliphatic rings. The van der Waals surface area contributed by atoms with E-state index in [9.17, 15) is 4.79 Å². The Hall–Kier alpha value is -2.03. The van der Waals surface area contributed by atoms with E-state index >= 15 is 0 Å². The van der Waals surface area contributed by atoms with Gasteiger partial charge in [0, 0.05) is 5.56 Å². The number of hydrogen-bond acceptors (Lipinski definition) is 3. The average molecular weight is 230 g/mol. The molecule has 0 amide bonds. The molecule has 0 saturated heterocycles. The average Bonchev–Trinajstić information content (AvgIpc) is 2.77. The van der Waals surface area contributed by atoms with E-state index in [0.29, 0.717) is 12.0 Å². The molecular formula is C14H14O3. The van der Waals surface area contributed by atoms with Crippen LogP contribution in [0.15, 0.2) is 41.0 Å². The van der Waals surface area contributed by atoms with Gasteiger partial charge in [0.05, 0.1) is 12.4 Å². The quantitative estimate of drug-likeness (QED) is 0.754. The third-order valence-corrected chi connectivity index (χ3v) is 2.34. The number of carbonyl (C=O) groups is 1. The fourth-order valence-corrected chi connectivity index (χ4v) is 1.64. The maximum atomic E-state index is 10.8. The number of hydrogen-bond donors (Lipinski definition) is 0. The van der Waals surface area contributed by atoms with Crippen molar-refractivity contribution in [2.24, 2.45) is 0 Å². The van der Waals surface area contributed by atoms with Crippen molar-refractivity contribution in [1.29, 1.82) is 0 Å². The van der Waals surface area contributed by atoms with Gasteiger partial charge < -0.3 is 9.15 Å². The zero-order valence-electron chi connectivity index (χ0n) is 9.84. The largest absolute Gasteiger partial charge is 0.491 e. The van der Waals surface area contributed by atoms with Crippen molar-refractivity contribution in [2.75, 3.05) is 0 Å². The predicted molar refractivity (Wildman–Crippen MR) is 65.3 cm³/mol. The third-order valence-electron chi connectivity index (χ3n) is 2.34. The Morgan fingerprint density at radius 1 is 1.18 bits per heavy atom. The van der Waals surface area contributed by atoms with Crippen LogP contribution in [0, 0.1) is 0 Å². The second-order valence-corrected chi connectivity index (χ2v) is 4.01. The summed E-state index contributed by atoms with van der Waals surface area (Å²) in [6.07, 6.45) is 2.38. The summed E-state index contributed by atoms with van der Waals surface area (Å²) in [4.78, 5) is 10.8. The molecule has 0 atom stereocenters. The van der Waals surface area contributed by atoms with E-state index < -0.39 is 0 Å². The van der Waals surface area contributed by atoms with E-state index in [4.69, 9.17) is 9.15 Å². The van der Waals surface area contributed by atoms with Gasteiger partial charge >= 0.3 is 0 Å². The maximum absolute atomic E-state index is 10.8. The molecule has 0 bridgehead atoms. The van der Waals surface area contributed by atoms with Gasteiger partial charge in [0.2, 0.25) is 0 Å². The SMILES string of the molecule is CC(C)Oc1ccc(-c2ccoc2C=O)cc1. The predicted octanol–water partition coefficient (Wildman–Crippen LogP) is 3.55. The lowest BCUT2D eigenvalue weighted by molar-refractivity contribution is 0.110. The van der Waals surface area contributed by atoms with E-state index in [2.05, 4.69) is 0 Å². The molecule has 0 radical (unpaired) electrons. The first kappa shape index (κ1) is 11.5. The summed E-state index contributed by atoms with van der Waals surface area (Å²) in [5.74, 6) is 1.17. The summed E-state index contributed by atoms with van der Waals surface area (Å²) < 4.78 is 10.6. The van der Waals surface area contributed by atoms with Crippen molar-refractivity contribution in [3.8, 4) is 16.9 Å². The molecule has 0 fully saturated rings. The van der Waals surface area contributed by atoms with Crippen molar-refractivity contribution in [1.82, 2.24) is 0 Å². The molecule has 0 aliphatic heterocycles. The number of aldehydes is 1. The van der Waals surface area contributed by atoms with E-state index in [0.717, 1.165) is 16.9 Å². The molecule has 0 unspecified atom stereocenters. The lowest BCUT2D eigenvalue weighted by Gasteiger charge is -2.09. The van der Waals surface area contributed by atoms with Gasteiger partial charge in [-0.1, -0.05) is 12.1 Å². The fourth-order valence-electron chi connectivity index (χ4n) is 1.64. The minimum atomic E-state index is 0.153. The number of rotatable bonds is 4. The third kappa shape index (κ3) is 2.56.